The van der Waals surface area contributed by atoms with E-state index in [4.69, 9.17) is 4.98 Å². The summed E-state index contributed by atoms with van der Waals surface area (Å²) in [5, 5.41) is 14.1. The standard InChI is InChI=1S/C29H34N2O3S/c1-19-24(26(32)31-29-15-12-28(13-16-29,14-17-29)27(33)34)22-18-21(35(2,3)4)10-11-23(22)30-25(19)20-8-6-5-7-9-20/h5-11,18H,12-17H2,1-4H3,(H,31,32)(H,33,34). The second-order valence-corrected chi connectivity index (χ2v) is 15.3. The smallest absolute Gasteiger partial charge is 0.309 e. The number of carbonyl (C=O) groups excluding carboxylic acids is 1. The molecule has 3 aliphatic rings. The third kappa shape index (κ3) is 4.12. The van der Waals surface area contributed by atoms with Crippen molar-refractivity contribution < 1.29 is 14.7 Å². The summed E-state index contributed by atoms with van der Waals surface area (Å²) in [6.07, 6.45) is 10.8. The van der Waals surface area contributed by atoms with Crippen molar-refractivity contribution in [3.05, 3.63) is 59.7 Å². The molecule has 0 saturated heterocycles. The summed E-state index contributed by atoms with van der Waals surface area (Å²) in [5.41, 5.74) is 3.29. The maximum Gasteiger partial charge on any atom is 0.309 e. The Kier molecular flexibility index (Phi) is 5.71. The van der Waals surface area contributed by atoms with Gasteiger partial charge in [0.25, 0.3) is 5.91 Å². The molecule has 6 rings (SSSR count). The van der Waals surface area contributed by atoms with Crippen molar-refractivity contribution in [2.24, 2.45) is 5.41 Å². The minimum atomic E-state index is -0.980. The molecule has 2 bridgehead atoms. The van der Waals surface area contributed by atoms with Crippen molar-refractivity contribution in [2.45, 2.75) is 55.9 Å². The number of rotatable bonds is 5. The largest absolute Gasteiger partial charge is 0.481 e. The molecular formula is C29H34N2O3S. The molecule has 0 radical (unpaired) electrons. The van der Waals surface area contributed by atoms with Crippen LogP contribution in [0.2, 0.25) is 0 Å². The highest BCUT2D eigenvalue weighted by Crippen LogP contribution is 2.53. The van der Waals surface area contributed by atoms with Gasteiger partial charge in [-0.15, -0.1) is 0 Å². The Morgan fingerprint density at radius 2 is 1.57 bits per heavy atom. The quantitative estimate of drug-likeness (QED) is 0.448. The number of benzene rings is 2. The monoisotopic (exact) mass is 490 g/mol. The molecule has 184 valence electrons. The lowest BCUT2D eigenvalue weighted by atomic mass is 9.57. The zero-order valence-electron chi connectivity index (χ0n) is 21.0. The van der Waals surface area contributed by atoms with E-state index in [0.29, 0.717) is 24.8 Å². The fourth-order valence-corrected chi connectivity index (χ4v) is 6.83. The summed E-state index contributed by atoms with van der Waals surface area (Å²) >= 11 is 0. The molecule has 2 N–H and O–H groups in total. The number of amides is 1. The van der Waals surface area contributed by atoms with E-state index in [9.17, 15) is 14.7 Å². The number of carboxylic acids is 1. The van der Waals surface area contributed by atoms with Crippen LogP contribution in [0.1, 0.15) is 54.4 Å². The van der Waals surface area contributed by atoms with Gasteiger partial charge in [0.05, 0.1) is 22.2 Å². The predicted molar refractivity (Wildman–Crippen MR) is 144 cm³/mol. The zero-order valence-corrected chi connectivity index (χ0v) is 21.8. The average molecular weight is 491 g/mol. The van der Waals surface area contributed by atoms with E-state index in [1.807, 2.05) is 43.3 Å². The molecule has 3 saturated carbocycles. The number of nitrogens with one attached hydrogen (secondary N) is 1. The minimum Gasteiger partial charge on any atom is -0.481 e. The van der Waals surface area contributed by atoms with Crippen molar-refractivity contribution in [3.63, 3.8) is 0 Å². The summed E-state index contributed by atoms with van der Waals surface area (Å²) in [6, 6.07) is 16.4. The third-order valence-corrected chi connectivity index (χ3v) is 9.93. The lowest BCUT2D eigenvalue weighted by Gasteiger charge is -2.51. The van der Waals surface area contributed by atoms with Gasteiger partial charge in [0.15, 0.2) is 0 Å². The van der Waals surface area contributed by atoms with E-state index in [-0.39, 0.29) is 11.4 Å². The molecule has 1 aromatic heterocycles. The molecule has 3 aliphatic carbocycles. The topological polar surface area (TPSA) is 79.3 Å². The molecule has 1 amide bonds. The molecule has 0 aliphatic heterocycles. The van der Waals surface area contributed by atoms with Gasteiger partial charge in [-0.2, -0.15) is 0 Å². The highest BCUT2D eigenvalue weighted by Gasteiger charge is 2.53. The molecule has 3 aromatic rings. The highest BCUT2D eigenvalue weighted by molar-refractivity contribution is 8.32. The molecule has 2 aromatic carbocycles. The third-order valence-electron chi connectivity index (χ3n) is 8.26. The number of carboxylic acid groups (broad SMARTS) is 1. The molecule has 35 heavy (non-hydrogen) atoms. The molecular weight excluding hydrogens is 456 g/mol. The average Bonchev–Trinajstić information content (AvgIpc) is 2.84. The van der Waals surface area contributed by atoms with Crippen LogP contribution in [-0.4, -0.2) is 46.3 Å². The van der Waals surface area contributed by atoms with Crippen molar-refractivity contribution >= 4 is 32.8 Å². The first-order valence-corrected chi connectivity index (χ1v) is 15.1. The fraction of sp³-hybridized carbons (Fsp3) is 0.414. The van der Waals surface area contributed by atoms with Gasteiger partial charge in [-0.05, 0) is 92.9 Å². The van der Waals surface area contributed by atoms with Crippen LogP contribution in [0.5, 0.6) is 0 Å². The van der Waals surface area contributed by atoms with Crippen molar-refractivity contribution in [3.8, 4) is 11.3 Å². The van der Waals surface area contributed by atoms with E-state index in [2.05, 4.69) is 36.2 Å². The van der Waals surface area contributed by atoms with Gasteiger partial charge in [0.1, 0.15) is 0 Å². The first-order chi connectivity index (χ1) is 16.5. The first kappa shape index (κ1) is 23.9. The molecule has 0 unspecified atom stereocenters. The van der Waals surface area contributed by atoms with Gasteiger partial charge in [-0.3, -0.25) is 9.59 Å². The molecule has 6 heteroatoms. The predicted octanol–water partition coefficient (Wildman–Crippen LogP) is 6.17. The fourth-order valence-electron chi connectivity index (χ4n) is 5.89. The molecule has 5 nitrogen and oxygen atoms in total. The van der Waals surface area contributed by atoms with Gasteiger partial charge in [0, 0.05) is 16.5 Å². The maximum atomic E-state index is 14.0. The van der Waals surface area contributed by atoms with Gasteiger partial charge < -0.3 is 10.4 Å². The van der Waals surface area contributed by atoms with Gasteiger partial charge in [0.2, 0.25) is 0 Å². The Morgan fingerprint density at radius 1 is 0.943 bits per heavy atom. The SMILES string of the molecule is Cc1c(-c2ccccc2)nc2ccc(S(C)(C)C)cc2c1C(=O)NC12CCC(C(=O)O)(CC1)CC2. The number of fused-ring (bicyclic) bond motifs is 4. The molecule has 0 spiro atoms. The van der Waals surface area contributed by atoms with Crippen LogP contribution in [0.3, 0.4) is 0 Å². The van der Waals surface area contributed by atoms with Crippen LogP contribution in [0.4, 0.5) is 0 Å². The Morgan fingerprint density at radius 3 is 2.14 bits per heavy atom. The minimum absolute atomic E-state index is 0.0714. The molecule has 3 fully saturated rings. The Hall–Kier alpha value is -2.86. The van der Waals surface area contributed by atoms with Crippen LogP contribution < -0.4 is 5.32 Å². The number of pyridine rings is 1. The summed E-state index contributed by atoms with van der Waals surface area (Å²) in [6.45, 7) is 2.00. The normalized spacial score (nSPS) is 24.3. The Balaban J connectivity index is 1.60. The number of hydrogen-bond donors (Lipinski definition) is 2. The van der Waals surface area contributed by atoms with Crippen LogP contribution in [0.15, 0.2) is 53.4 Å². The number of aromatic nitrogens is 1. The summed E-state index contributed by atoms with van der Waals surface area (Å²) < 4.78 is 0. The van der Waals surface area contributed by atoms with Crippen molar-refractivity contribution in [1.82, 2.24) is 10.3 Å². The van der Waals surface area contributed by atoms with Crippen LogP contribution in [-0.2, 0) is 4.79 Å². The Labute approximate surface area is 208 Å². The van der Waals surface area contributed by atoms with Crippen LogP contribution in [0, 0.1) is 12.3 Å². The Bertz CT molecular complexity index is 1300. The summed E-state index contributed by atoms with van der Waals surface area (Å²) in [4.78, 5) is 32.1. The van der Waals surface area contributed by atoms with Crippen LogP contribution in [0.25, 0.3) is 22.2 Å². The van der Waals surface area contributed by atoms with E-state index in [1.54, 1.807) is 0 Å². The number of hydrogen-bond acceptors (Lipinski definition) is 3. The molecule has 0 atom stereocenters. The first-order valence-electron chi connectivity index (χ1n) is 12.3. The summed E-state index contributed by atoms with van der Waals surface area (Å²) in [5.74, 6) is -0.754. The van der Waals surface area contributed by atoms with Crippen LogP contribution >= 0.6 is 10.0 Å². The van der Waals surface area contributed by atoms with Crippen molar-refractivity contribution in [2.75, 3.05) is 18.8 Å². The van der Waals surface area contributed by atoms with Gasteiger partial charge in [-0.1, -0.05) is 30.3 Å². The van der Waals surface area contributed by atoms with E-state index < -0.39 is 21.4 Å². The van der Waals surface area contributed by atoms with E-state index >= 15 is 0 Å². The lowest BCUT2D eigenvalue weighted by Crippen LogP contribution is -2.58. The highest BCUT2D eigenvalue weighted by atomic mass is 32.3. The zero-order chi connectivity index (χ0) is 25.0. The van der Waals surface area contributed by atoms with Crippen molar-refractivity contribution in [1.29, 1.82) is 0 Å². The lowest BCUT2D eigenvalue weighted by molar-refractivity contribution is -0.156. The van der Waals surface area contributed by atoms with Gasteiger partial charge >= 0.3 is 5.97 Å². The summed E-state index contributed by atoms with van der Waals surface area (Å²) in [7, 11) is -0.980. The molecule has 1 heterocycles. The second kappa shape index (κ2) is 8.37. The number of aliphatic carboxylic acids is 1. The maximum absolute atomic E-state index is 14.0. The second-order valence-electron chi connectivity index (χ2n) is 11.2. The number of carbonyl (C=O) groups is 2. The van der Waals surface area contributed by atoms with E-state index in [1.165, 1.54) is 4.90 Å². The van der Waals surface area contributed by atoms with Gasteiger partial charge in [-0.25, -0.2) is 15.0 Å². The van der Waals surface area contributed by atoms with E-state index in [0.717, 1.165) is 47.0 Å². The number of nitrogens with zero attached hydrogens (tertiary/aromatic N) is 1.